The fourth-order valence-corrected chi connectivity index (χ4v) is 6.01. The number of carbonyl (C=O) groups excluding carboxylic acids is 1. The van der Waals surface area contributed by atoms with Gasteiger partial charge in [-0.3, -0.25) is 9.69 Å². The number of hydrogen-bond acceptors (Lipinski definition) is 4. The van der Waals surface area contributed by atoms with Crippen molar-refractivity contribution < 1.29 is 22.7 Å². The van der Waals surface area contributed by atoms with Gasteiger partial charge in [-0.15, -0.1) is 11.8 Å². The fourth-order valence-electron chi connectivity index (χ4n) is 5.37. The number of ether oxygens (including phenoxy) is 1. The van der Waals surface area contributed by atoms with Crippen molar-refractivity contribution >= 4 is 17.7 Å². The Bertz CT molecular complexity index is 973. The van der Waals surface area contributed by atoms with Gasteiger partial charge in [0.1, 0.15) is 5.75 Å². The smallest absolute Gasteiger partial charge is 0.416 e. The van der Waals surface area contributed by atoms with Gasteiger partial charge in [-0.05, 0) is 56.7 Å². The van der Waals surface area contributed by atoms with Crippen molar-refractivity contribution in [3.63, 3.8) is 0 Å². The van der Waals surface area contributed by atoms with Crippen molar-refractivity contribution in [3.05, 3.63) is 59.2 Å². The van der Waals surface area contributed by atoms with Gasteiger partial charge >= 0.3 is 6.18 Å². The molecule has 1 amide bonds. The Hall–Kier alpha value is -2.19. The van der Waals surface area contributed by atoms with Gasteiger partial charge in [-0.2, -0.15) is 13.2 Å². The molecule has 8 heteroatoms. The molecule has 2 bridgehead atoms. The summed E-state index contributed by atoms with van der Waals surface area (Å²) < 4.78 is 45.4. The lowest BCUT2D eigenvalue weighted by atomic mass is 9.76. The molecule has 172 valence electrons. The molecule has 2 aliphatic heterocycles. The quantitative estimate of drug-likeness (QED) is 0.609. The van der Waals surface area contributed by atoms with Crippen LogP contribution in [0.2, 0.25) is 0 Å². The minimum Gasteiger partial charge on any atom is -0.496 e. The maximum absolute atomic E-state index is 13.7. The third kappa shape index (κ3) is 3.88. The molecule has 2 heterocycles. The number of benzene rings is 2. The number of amides is 1. The number of methoxy groups -OCH3 is 1. The van der Waals surface area contributed by atoms with Crippen LogP contribution < -0.4 is 10.1 Å². The van der Waals surface area contributed by atoms with Crippen LogP contribution in [-0.2, 0) is 11.7 Å². The Morgan fingerprint density at radius 1 is 1.19 bits per heavy atom. The third-order valence-electron chi connectivity index (χ3n) is 6.97. The SMILES string of the molecule is COc1cc(C(F)(F)F)cc(SC)c1C(=O)N[C@]1(c2ccccc2)CCC2CC[C@H]1N2C. The van der Waals surface area contributed by atoms with Crippen LogP contribution in [0.1, 0.15) is 47.2 Å². The monoisotopic (exact) mass is 464 g/mol. The van der Waals surface area contributed by atoms with E-state index >= 15 is 0 Å². The van der Waals surface area contributed by atoms with Crippen LogP contribution in [0, 0.1) is 0 Å². The van der Waals surface area contributed by atoms with E-state index in [2.05, 4.69) is 17.3 Å². The summed E-state index contributed by atoms with van der Waals surface area (Å²) in [6, 6.07) is 12.4. The second kappa shape index (κ2) is 8.63. The summed E-state index contributed by atoms with van der Waals surface area (Å²) in [6.07, 6.45) is 0.889. The number of rotatable bonds is 5. The Labute approximate surface area is 190 Å². The summed E-state index contributed by atoms with van der Waals surface area (Å²) in [6.45, 7) is 0. The average molecular weight is 465 g/mol. The number of hydrogen-bond donors (Lipinski definition) is 1. The molecule has 1 N–H and O–H groups in total. The first-order chi connectivity index (χ1) is 15.2. The van der Waals surface area contributed by atoms with Gasteiger partial charge in [0.2, 0.25) is 0 Å². The lowest BCUT2D eigenvalue weighted by Gasteiger charge is -2.48. The lowest BCUT2D eigenvalue weighted by Crippen LogP contribution is -2.61. The van der Waals surface area contributed by atoms with Crippen LogP contribution in [0.5, 0.6) is 5.75 Å². The van der Waals surface area contributed by atoms with E-state index in [1.54, 1.807) is 6.26 Å². The summed E-state index contributed by atoms with van der Waals surface area (Å²) in [7, 11) is 3.39. The minimum atomic E-state index is -4.52. The second-order valence-electron chi connectivity index (χ2n) is 8.50. The summed E-state index contributed by atoms with van der Waals surface area (Å²) in [5.41, 5.74) is -0.291. The number of nitrogens with zero attached hydrogens (tertiary/aromatic N) is 1. The molecule has 0 saturated carbocycles. The van der Waals surface area contributed by atoms with Gasteiger partial charge < -0.3 is 10.1 Å². The first-order valence-corrected chi connectivity index (χ1v) is 11.9. The zero-order valence-electron chi connectivity index (χ0n) is 18.3. The zero-order valence-corrected chi connectivity index (χ0v) is 19.1. The Balaban J connectivity index is 1.79. The number of halogens is 3. The first kappa shape index (κ1) is 23.0. The third-order valence-corrected chi connectivity index (χ3v) is 7.73. The van der Waals surface area contributed by atoms with Gasteiger partial charge in [0.15, 0.2) is 0 Å². The summed E-state index contributed by atoms with van der Waals surface area (Å²) in [5.74, 6) is -0.485. The molecule has 4 nitrogen and oxygen atoms in total. The van der Waals surface area contributed by atoms with Gasteiger partial charge in [-0.1, -0.05) is 30.3 Å². The van der Waals surface area contributed by atoms with Crippen molar-refractivity contribution in [2.75, 3.05) is 20.4 Å². The molecule has 1 unspecified atom stereocenters. The van der Waals surface area contributed by atoms with Crippen LogP contribution in [0.4, 0.5) is 13.2 Å². The lowest BCUT2D eigenvalue weighted by molar-refractivity contribution is -0.137. The highest BCUT2D eigenvalue weighted by atomic mass is 32.2. The van der Waals surface area contributed by atoms with E-state index in [0.717, 1.165) is 55.1 Å². The zero-order chi connectivity index (χ0) is 23.1. The molecular weight excluding hydrogens is 437 g/mol. The minimum absolute atomic E-state index is 0.0710. The van der Waals surface area contributed by atoms with E-state index in [9.17, 15) is 18.0 Å². The van der Waals surface area contributed by atoms with E-state index < -0.39 is 23.2 Å². The molecule has 3 atom stereocenters. The summed E-state index contributed by atoms with van der Waals surface area (Å²) in [5, 5.41) is 3.28. The van der Waals surface area contributed by atoms with Gasteiger partial charge in [0.05, 0.1) is 23.8 Å². The molecule has 4 rings (SSSR count). The predicted molar refractivity (Wildman–Crippen MR) is 119 cm³/mol. The Morgan fingerprint density at radius 2 is 1.91 bits per heavy atom. The molecule has 2 aromatic rings. The van der Waals surface area contributed by atoms with Crippen molar-refractivity contribution in [1.82, 2.24) is 10.2 Å². The van der Waals surface area contributed by atoms with E-state index in [1.807, 2.05) is 30.3 Å². The predicted octanol–water partition coefficient (Wildman–Crippen LogP) is 5.32. The largest absolute Gasteiger partial charge is 0.496 e. The molecule has 0 aromatic heterocycles. The van der Waals surface area contributed by atoms with Gasteiger partial charge in [0, 0.05) is 17.0 Å². The molecular formula is C24H27F3N2O2S. The maximum Gasteiger partial charge on any atom is 0.416 e. The maximum atomic E-state index is 13.7. The van der Waals surface area contributed by atoms with Crippen LogP contribution in [0.25, 0.3) is 0 Å². The fraction of sp³-hybridized carbons (Fsp3) is 0.458. The Kier molecular flexibility index (Phi) is 6.20. The number of fused-ring (bicyclic) bond motifs is 2. The van der Waals surface area contributed by atoms with Crippen LogP contribution >= 0.6 is 11.8 Å². The highest BCUT2D eigenvalue weighted by Crippen LogP contribution is 2.47. The van der Waals surface area contributed by atoms with Crippen molar-refractivity contribution in [3.8, 4) is 5.75 Å². The summed E-state index contributed by atoms with van der Waals surface area (Å²) >= 11 is 1.10. The molecule has 2 aliphatic rings. The normalized spacial score (nSPS) is 25.6. The first-order valence-electron chi connectivity index (χ1n) is 10.6. The van der Waals surface area contributed by atoms with Crippen molar-refractivity contribution in [2.45, 2.75) is 54.4 Å². The molecule has 0 spiro atoms. The highest BCUT2D eigenvalue weighted by molar-refractivity contribution is 7.98. The number of likely N-dealkylation sites (N-methyl/N-ethyl adjacent to an activating group) is 1. The number of nitrogens with one attached hydrogen (secondary N) is 1. The molecule has 0 aliphatic carbocycles. The number of piperidine rings is 1. The number of alkyl halides is 3. The van der Waals surface area contributed by atoms with Crippen molar-refractivity contribution in [1.29, 1.82) is 0 Å². The van der Waals surface area contributed by atoms with E-state index in [0.29, 0.717) is 6.04 Å². The standard InChI is InChI=1S/C24H27F3N2O2S/c1-29-17-9-10-20(29)23(12-11-17,15-7-5-4-6-8-15)28-22(30)21-18(31-2)13-16(24(25,26)27)14-19(21)32-3/h4-8,13-14,17,20H,9-12H2,1-3H3,(H,28,30)/t17?,20-,23+/m1/s1. The van der Waals surface area contributed by atoms with Gasteiger partial charge in [0.25, 0.3) is 5.91 Å². The topological polar surface area (TPSA) is 41.6 Å². The summed E-state index contributed by atoms with van der Waals surface area (Å²) in [4.78, 5) is 16.3. The van der Waals surface area contributed by atoms with Gasteiger partial charge in [-0.25, -0.2) is 0 Å². The molecule has 2 fully saturated rings. The van der Waals surface area contributed by atoms with Crippen LogP contribution in [0.3, 0.4) is 0 Å². The highest BCUT2D eigenvalue weighted by Gasteiger charge is 2.52. The number of thioether (sulfide) groups is 1. The van der Waals surface area contributed by atoms with E-state index in [4.69, 9.17) is 4.74 Å². The molecule has 0 radical (unpaired) electrons. The Morgan fingerprint density at radius 3 is 2.53 bits per heavy atom. The van der Waals surface area contributed by atoms with E-state index in [-0.39, 0.29) is 22.3 Å². The van der Waals surface area contributed by atoms with Crippen LogP contribution in [0.15, 0.2) is 47.4 Å². The number of carbonyl (C=O) groups is 1. The van der Waals surface area contributed by atoms with Crippen LogP contribution in [-0.4, -0.2) is 43.3 Å². The molecule has 32 heavy (non-hydrogen) atoms. The molecule has 2 saturated heterocycles. The molecule has 2 aromatic carbocycles. The van der Waals surface area contributed by atoms with Crippen molar-refractivity contribution in [2.24, 2.45) is 0 Å². The van der Waals surface area contributed by atoms with E-state index in [1.165, 1.54) is 7.11 Å². The second-order valence-corrected chi connectivity index (χ2v) is 9.34. The average Bonchev–Trinajstić information content (AvgIpc) is 3.04.